The SMILES string of the molecule is CCOc1ccc(N([C@H](C)C(=O)N/N=C(/C)c2ccc(C)cc2)S(C)(=O)=O)cc1. The molecule has 8 heteroatoms. The molecule has 0 radical (unpaired) electrons. The Hall–Kier alpha value is -2.87. The van der Waals surface area contributed by atoms with E-state index in [1.807, 2.05) is 38.1 Å². The van der Waals surface area contributed by atoms with Gasteiger partial charge >= 0.3 is 0 Å². The van der Waals surface area contributed by atoms with Crippen LogP contribution in [0.4, 0.5) is 5.69 Å². The molecule has 156 valence electrons. The number of carbonyl (C=O) groups is 1. The molecule has 1 amide bonds. The van der Waals surface area contributed by atoms with Gasteiger partial charge in [0.1, 0.15) is 11.8 Å². The Balaban J connectivity index is 2.20. The van der Waals surface area contributed by atoms with Gasteiger partial charge in [0.05, 0.1) is 24.3 Å². The minimum atomic E-state index is -3.70. The first-order chi connectivity index (χ1) is 13.6. The van der Waals surface area contributed by atoms with Crippen LogP contribution >= 0.6 is 0 Å². The summed E-state index contributed by atoms with van der Waals surface area (Å²) >= 11 is 0. The molecule has 0 aliphatic rings. The Morgan fingerprint density at radius 3 is 2.24 bits per heavy atom. The van der Waals surface area contributed by atoms with Crippen LogP contribution in [0.2, 0.25) is 0 Å². The fourth-order valence-electron chi connectivity index (χ4n) is 2.76. The van der Waals surface area contributed by atoms with Crippen molar-refractivity contribution in [2.24, 2.45) is 5.10 Å². The maximum atomic E-state index is 12.6. The van der Waals surface area contributed by atoms with Gasteiger partial charge in [-0.25, -0.2) is 13.8 Å². The molecule has 1 atom stereocenters. The van der Waals surface area contributed by atoms with Crippen molar-refractivity contribution >= 4 is 27.3 Å². The van der Waals surface area contributed by atoms with Gasteiger partial charge in [-0.2, -0.15) is 5.10 Å². The van der Waals surface area contributed by atoms with Crippen LogP contribution in [0.1, 0.15) is 31.9 Å². The lowest BCUT2D eigenvalue weighted by atomic mass is 10.1. The van der Waals surface area contributed by atoms with E-state index in [0.717, 1.165) is 21.7 Å². The largest absolute Gasteiger partial charge is 0.494 e. The molecule has 0 aliphatic carbocycles. The van der Waals surface area contributed by atoms with Crippen LogP contribution in [0, 0.1) is 6.92 Å². The second kappa shape index (κ2) is 9.56. The molecule has 0 fully saturated rings. The minimum absolute atomic E-state index is 0.373. The lowest BCUT2D eigenvalue weighted by Gasteiger charge is -2.27. The van der Waals surface area contributed by atoms with Crippen LogP contribution in [-0.2, 0) is 14.8 Å². The number of benzene rings is 2. The van der Waals surface area contributed by atoms with Crippen molar-refractivity contribution in [3.8, 4) is 5.75 Å². The molecule has 0 aromatic heterocycles. The van der Waals surface area contributed by atoms with Crippen molar-refractivity contribution < 1.29 is 17.9 Å². The fraction of sp³-hybridized carbons (Fsp3) is 0.333. The van der Waals surface area contributed by atoms with Crippen molar-refractivity contribution in [3.63, 3.8) is 0 Å². The standard InChI is InChI=1S/C21H27N3O4S/c1-6-28-20-13-11-19(12-14-20)24(29(5,26)27)17(4)21(25)23-22-16(3)18-9-7-15(2)8-10-18/h7-14,17H,6H2,1-5H3,(H,23,25)/b22-16-/t17-/m1/s1. The van der Waals surface area contributed by atoms with E-state index >= 15 is 0 Å². The first-order valence-electron chi connectivity index (χ1n) is 9.27. The Morgan fingerprint density at radius 1 is 1.14 bits per heavy atom. The Labute approximate surface area is 172 Å². The van der Waals surface area contributed by atoms with Crippen LogP contribution in [0.3, 0.4) is 0 Å². The lowest BCUT2D eigenvalue weighted by molar-refractivity contribution is -0.121. The molecule has 0 saturated carbocycles. The molecular formula is C21H27N3O4S. The number of nitrogens with zero attached hydrogens (tertiary/aromatic N) is 2. The molecule has 0 spiro atoms. The molecule has 2 aromatic rings. The second-order valence-corrected chi connectivity index (χ2v) is 8.56. The molecule has 7 nitrogen and oxygen atoms in total. The van der Waals surface area contributed by atoms with Crippen molar-refractivity contribution in [1.29, 1.82) is 0 Å². The minimum Gasteiger partial charge on any atom is -0.494 e. The van der Waals surface area contributed by atoms with Crippen LogP contribution < -0.4 is 14.5 Å². The number of rotatable bonds is 8. The van der Waals surface area contributed by atoms with E-state index in [4.69, 9.17) is 4.74 Å². The number of sulfonamides is 1. The van der Waals surface area contributed by atoms with Crippen molar-refractivity contribution in [3.05, 3.63) is 59.7 Å². The number of amides is 1. The highest BCUT2D eigenvalue weighted by Crippen LogP contribution is 2.24. The van der Waals surface area contributed by atoms with E-state index in [1.54, 1.807) is 31.2 Å². The molecule has 2 aromatic carbocycles. The van der Waals surface area contributed by atoms with Gasteiger partial charge in [0, 0.05) is 0 Å². The van der Waals surface area contributed by atoms with E-state index in [9.17, 15) is 13.2 Å². The van der Waals surface area contributed by atoms with Gasteiger partial charge in [0.15, 0.2) is 0 Å². The first kappa shape index (κ1) is 22.4. The average Bonchev–Trinajstić information content (AvgIpc) is 2.67. The van der Waals surface area contributed by atoms with Gasteiger partial charge < -0.3 is 4.74 Å². The molecule has 1 N–H and O–H groups in total. The molecule has 0 bridgehead atoms. The highest BCUT2D eigenvalue weighted by atomic mass is 32.2. The predicted molar refractivity (Wildman–Crippen MR) is 116 cm³/mol. The first-order valence-corrected chi connectivity index (χ1v) is 11.1. The van der Waals surface area contributed by atoms with E-state index in [0.29, 0.717) is 23.8 Å². The van der Waals surface area contributed by atoms with Crippen molar-refractivity contribution in [2.75, 3.05) is 17.2 Å². The number of nitrogens with one attached hydrogen (secondary N) is 1. The summed E-state index contributed by atoms with van der Waals surface area (Å²) in [6.45, 7) is 7.65. The van der Waals surface area contributed by atoms with Gasteiger partial charge in [-0.15, -0.1) is 0 Å². The third kappa shape index (κ3) is 6.05. The topological polar surface area (TPSA) is 88.1 Å². The van der Waals surface area contributed by atoms with E-state index in [2.05, 4.69) is 10.5 Å². The Bertz CT molecular complexity index is 968. The number of hydrazone groups is 1. The summed E-state index contributed by atoms with van der Waals surface area (Å²) in [5.41, 5.74) is 5.46. The number of hydrogen-bond acceptors (Lipinski definition) is 5. The smallest absolute Gasteiger partial charge is 0.263 e. The summed E-state index contributed by atoms with van der Waals surface area (Å²) in [5, 5.41) is 4.12. The Morgan fingerprint density at radius 2 is 1.72 bits per heavy atom. The zero-order valence-corrected chi connectivity index (χ0v) is 18.2. The zero-order valence-electron chi connectivity index (χ0n) is 17.3. The van der Waals surface area contributed by atoms with E-state index in [-0.39, 0.29) is 0 Å². The molecular weight excluding hydrogens is 390 g/mol. The third-order valence-corrected chi connectivity index (χ3v) is 5.54. The normalized spacial score (nSPS) is 12.9. The van der Waals surface area contributed by atoms with Gasteiger partial charge in [-0.1, -0.05) is 29.8 Å². The van der Waals surface area contributed by atoms with Crippen LogP contribution in [-0.4, -0.2) is 38.9 Å². The van der Waals surface area contributed by atoms with E-state index in [1.165, 1.54) is 6.92 Å². The van der Waals surface area contributed by atoms with Gasteiger partial charge in [-0.05, 0) is 57.5 Å². The highest BCUT2D eigenvalue weighted by Gasteiger charge is 2.29. The van der Waals surface area contributed by atoms with Crippen LogP contribution in [0.25, 0.3) is 0 Å². The molecule has 0 heterocycles. The van der Waals surface area contributed by atoms with Crippen LogP contribution in [0.5, 0.6) is 5.75 Å². The molecule has 2 rings (SSSR count). The summed E-state index contributed by atoms with van der Waals surface area (Å²) < 4.78 is 31.2. The summed E-state index contributed by atoms with van der Waals surface area (Å²) in [7, 11) is -3.70. The van der Waals surface area contributed by atoms with Gasteiger partial charge in [-0.3, -0.25) is 9.10 Å². The third-order valence-electron chi connectivity index (χ3n) is 4.29. The fourth-order valence-corrected chi connectivity index (χ4v) is 3.93. The Kier molecular flexibility index (Phi) is 7.39. The highest BCUT2D eigenvalue weighted by molar-refractivity contribution is 7.92. The number of aryl methyl sites for hydroxylation is 1. The summed E-state index contributed by atoms with van der Waals surface area (Å²) in [5.74, 6) is 0.0934. The number of ether oxygens (including phenoxy) is 1. The summed E-state index contributed by atoms with van der Waals surface area (Å²) in [4.78, 5) is 12.6. The lowest BCUT2D eigenvalue weighted by Crippen LogP contribution is -2.46. The maximum absolute atomic E-state index is 12.6. The predicted octanol–water partition coefficient (Wildman–Crippen LogP) is 3.09. The van der Waals surface area contributed by atoms with E-state index < -0.39 is 22.0 Å². The molecule has 29 heavy (non-hydrogen) atoms. The average molecular weight is 418 g/mol. The van der Waals surface area contributed by atoms with Crippen LogP contribution in [0.15, 0.2) is 53.6 Å². The van der Waals surface area contributed by atoms with Crippen molar-refractivity contribution in [2.45, 2.75) is 33.7 Å². The van der Waals surface area contributed by atoms with Crippen molar-refractivity contribution in [1.82, 2.24) is 5.43 Å². The second-order valence-electron chi connectivity index (χ2n) is 6.70. The molecule has 0 saturated heterocycles. The summed E-state index contributed by atoms with van der Waals surface area (Å²) in [6.07, 6.45) is 1.06. The number of anilines is 1. The molecule has 0 unspecified atom stereocenters. The van der Waals surface area contributed by atoms with Gasteiger partial charge in [0.2, 0.25) is 10.0 Å². The quantitative estimate of drug-likeness (QED) is 0.528. The number of hydrogen-bond donors (Lipinski definition) is 1. The van der Waals surface area contributed by atoms with Gasteiger partial charge in [0.25, 0.3) is 5.91 Å². The summed E-state index contributed by atoms with van der Waals surface area (Å²) in [6, 6.07) is 13.3. The monoisotopic (exact) mass is 417 g/mol. The zero-order chi connectivity index (χ0) is 21.6. The number of carbonyl (C=O) groups excluding carboxylic acids is 1. The molecule has 0 aliphatic heterocycles. The maximum Gasteiger partial charge on any atom is 0.263 e.